The van der Waals surface area contributed by atoms with E-state index in [1.807, 2.05) is 0 Å². The van der Waals surface area contributed by atoms with Crippen LogP contribution in [0.25, 0.3) is 0 Å². The van der Waals surface area contributed by atoms with Gasteiger partial charge in [-0.25, -0.2) is 0 Å². The normalized spacial score (nSPS) is 14.8. The predicted octanol–water partition coefficient (Wildman–Crippen LogP) is 11.4. The number of hydrogen-bond acceptors (Lipinski definition) is 3. The van der Waals surface area contributed by atoms with Gasteiger partial charge in [0.15, 0.2) is 0 Å². The molecule has 0 fully saturated rings. The molecule has 5 aromatic carbocycles. The SMILES string of the molecule is CC(C)(C)c1cc2c(c(C(C)(C)C)c1)O[Si](c1ccccc1)(c1ccccc1)Oc1c(cc(C(C)(C)C)cc1C(C)(C)C)N2c1ccccc1. The number of hydrogen-bond donors (Lipinski definition) is 0. The first kappa shape index (κ1) is 35.5. The van der Waals surface area contributed by atoms with Crippen LogP contribution in [0.1, 0.15) is 105 Å². The maximum atomic E-state index is 7.87. The van der Waals surface area contributed by atoms with Gasteiger partial charge < -0.3 is 13.8 Å². The lowest BCUT2D eigenvalue weighted by Crippen LogP contribution is -2.68. The minimum Gasteiger partial charge on any atom is -0.503 e. The summed E-state index contributed by atoms with van der Waals surface area (Å²) < 4.78 is 15.7. The van der Waals surface area contributed by atoms with Gasteiger partial charge in [-0.15, -0.1) is 0 Å². The van der Waals surface area contributed by atoms with Crippen molar-refractivity contribution in [2.75, 3.05) is 4.90 Å². The highest BCUT2D eigenvalue weighted by atomic mass is 28.4. The van der Waals surface area contributed by atoms with E-state index in [2.05, 4.69) is 203 Å². The standard InChI is InChI=1S/C46H55NO2Si/c1-43(2,3)32-28-37(45(7,8)9)41-39(30-32)47(34-22-16-13-17-23-34)40-31-33(44(4,5)6)29-38(46(10,11)12)42(40)49-50(48-41,35-24-18-14-19-25-35)36-26-20-15-21-27-36/h13-31H,1-12H3. The summed E-state index contributed by atoms with van der Waals surface area (Å²) in [4.78, 5) is 2.41. The number of nitrogens with zero attached hydrogens (tertiary/aromatic N) is 1. The van der Waals surface area contributed by atoms with Crippen molar-refractivity contribution in [3.05, 3.63) is 138 Å². The van der Waals surface area contributed by atoms with E-state index in [4.69, 9.17) is 8.85 Å². The molecule has 4 heteroatoms. The van der Waals surface area contributed by atoms with Crippen molar-refractivity contribution in [3.8, 4) is 11.5 Å². The number of rotatable bonds is 3. The summed E-state index contributed by atoms with van der Waals surface area (Å²) >= 11 is 0. The molecule has 0 saturated carbocycles. The van der Waals surface area contributed by atoms with E-state index in [-0.39, 0.29) is 21.7 Å². The van der Waals surface area contributed by atoms with E-state index in [0.29, 0.717) is 0 Å². The third-order valence-electron chi connectivity index (χ3n) is 9.78. The highest BCUT2D eigenvalue weighted by Gasteiger charge is 2.52. The van der Waals surface area contributed by atoms with Crippen molar-refractivity contribution < 1.29 is 8.85 Å². The van der Waals surface area contributed by atoms with Gasteiger partial charge in [-0.3, -0.25) is 0 Å². The molecule has 1 aliphatic rings. The number of anilines is 3. The molecule has 1 aliphatic heterocycles. The van der Waals surface area contributed by atoms with Crippen LogP contribution in [0, 0.1) is 0 Å². The van der Waals surface area contributed by atoms with Crippen LogP contribution < -0.4 is 24.1 Å². The van der Waals surface area contributed by atoms with Crippen molar-refractivity contribution in [2.24, 2.45) is 0 Å². The molecule has 5 aromatic rings. The molecule has 0 atom stereocenters. The lowest BCUT2D eigenvalue weighted by molar-refractivity contribution is 0.395. The summed E-state index contributed by atoms with van der Waals surface area (Å²) in [6.07, 6.45) is 0. The highest BCUT2D eigenvalue weighted by molar-refractivity contribution is 6.93. The van der Waals surface area contributed by atoms with Crippen molar-refractivity contribution in [1.82, 2.24) is 0 Å². The molecule has 6 rings (SSSR count). The minimum atomic E-state index is -3.52. The first-order valence-corrected chi connectivity index (χ1v) is 19.8. The average Bonchev–Trinajstić information content (AvgIpc) is 3.04. The van der Waals surface area contributed by atoms with Gasteiger partial charge in [0.25, 0.3) is 0 Å². The van der Waals surface area contributed by atoms with E-state index in [0.717, 1.165) is 38.9 Å². The Morgan fingerprint density at radius 3 is 1.08 bits per heavy atom. The van der Waals surface area contributed by atoms with Gasteiger partial charge in [-0.2, -0.15) is 0 Å². The van der Waals surface area contributed by atoms with Crippen molar-refractivity contribution in [2.45, 2.75) is 105 Å². The van der Waals surface area contributed by atoms with Crippen LogP contribution in [-0.2, 0) is 21.7 Å². The Labute approximate surface area is 302 Å². The maximum Gasteiger partial charge on any atom is 0.531 e. The zero-order valence-electron chi connectivity index (χ0n) is 32.2. The zero-order chi connectivity index (χ0) is 36.3. The van der Waals surface area contributed by atoms with E-state index >= 15 is 0 Å². The van der Waals surface area contributed by atoms with E-state index in [1.165, 1.54) is 22.3 Å². The Morgan fingerprint density at radius 1 is 0.420 bits per heavy atom. The van der Waals surface area contributed by atoms with E-state index in [9.17, 15) is 0 Å². The van der Waals surface area contributed by atoms with Crippen molar-refractivity contribution in [3.63, 3.8) is 0 Å². The first-order valence-electron chi connectivity index (χ1n) is 18.0. The zero-order valence-corrected chi connectivity index (χ0v) is 33.2. The Balaban J connectivity index is 1.90. The molecule has 0 aliphatic carbocycles. The molecule has 0 N–H and O–H groups in total. The fraction of sp³-hybridized carbons (Fsp3) is 0.348. The van der Waals surface area contributed by atoms with Crippen LogP contribution in [0.4, 0.5) is 17.1 Å². The maximum absolute atomic E-state index is 7.87. The number of benzene rings is 5. The molecule has 0 aromatic heterocycles. The fourth-order valence-corrected chi connectivity index (χ4v) is 9.88. The second-order valence-corrected chi connectivity index (χ2v) is 20.8. The first-order chi connectivity index (χ1) is 23.3. The molecule has 0 unspecified atom stereocenters. The van der Waals surface area contributed by atoms with Crippen LogP contribution >= 0.6 is 0 Å². The van der Waals surface area contributed by atoms with Gasteiger partial charge in [0.2, 0.25) is 0 Å². The van der Waals surface area contributed by atoms with E-state index in [1.54, 1.807) is 0 Å². The summed E-state index contributed by atoms with van der Waals surface area (Å²) in [5.41, 5.74) is 7.34. The average molecular weight is 682 g/mol. The van der Waals surface area contributed by atoms with Crippen LogP contribution in [0.3, 0.4) is 0 Å². The predicted molar refractivity (Wildman–Crippen MR) is 215 cm³/mol. The molecule has 0 saturated heterocycles. The second-order valence-electron chi connectivity index (χ2n) is 18.0. The largest absolute Gasteiger partial charge is 0.531 e. The van der Waals surface area contributed by atoms with Gasteiger partial charge in [-0.1, -0.05) is 174 Å². The van der Waals surface area contributed by atoms with Gasteiger partial charge in [0.1, 0.15) is 11.5 Å². The number of fused-ring (bicyclic) bond motifs is 2. The molecule has 0 amide bonds. The van der Waals surface area contributed by atoms with Crippen LogP contribution in [0.5, 0.6) is 11.5 Å². The van der Waals surface area contributed by atoms with Gasteiger partial charge in [-0.05, 0) is 57.1 Å². The third-order valence-corrected chi connectivity index (χ3v) is 13.0. The molecule has 0 spiro atoms. The molecule has 50 heavy (non-hydrogen) atoms. The number of para-hydroxylation sites is 1. The lowest BCUT2D eigenvalue weighted by atomic mass is 9.78. The van der Waals surface area contributed by atoms with Crippen molar-refractivity contribution in [1.29, 1.82) is 0 Å². The van der Waals surface area contributed by atoms with Gasteiger partial charge >= 0.3 is 8.56 Å². The smallest absolute Gasteiger partial charge is 0.503 e. The van der Waals surface area contributed by atoms with Crippen LogP contribution in [0.15, 0.2) is 115 Å². The summed E-state index contributed by atoms with van der Waals surface area (Å²) in [6.45, 7) is 27.6. The van der Waals surface area contributed by atoms with Gasteiger partial charge in [0, 0.05) is 27.2 Å². The third kappa shape index (κ3) is 6.63. The monoisotopic (exact) mass is 681 g/mol. The molecular weight excluding hydrogens is 627 g/mol. The van der Waals surface area contributed by atoms with Crippen molar-refractivity contribution >= 4 is 36.0 Å². The molecule has 0 radical (unpaired) electrons. The fourth-order valence-electron chi connectivity index (χ4n) is 6.76. The Hall–Kier alpha value is -4.28. The molecule has 260 valence electrons. The minimum absolute atomic E-state index is 0.101. The van der Waals surface area contributed by atoms with E-state index < -0.39 is 8.56 Å². The highest BCUT2D eigenvalue weighted by Crippen LogP contribution is 2.54. The topological polar surface area (TPSA) is 21.7 Å². The Morgan fingerprint density at radius 2 is 0.760 bits per heavy atom. The van der Waals surface area contributed by atoms with Gasteiger partial charge in [0.05, 0.1) is 11.4 Å². The molecule has 0 bridgehead atoms. The molecule has 1 heterocycles. The summed E-state index contributed by atoms with van der Waals surface area (Å²) in [7, 11) is -3.52. The second kappa shape index (κ2) is 12.5. The molecular formula is C46H55NO2Si. The summed E-state index contributed by atoms with van der Waals surface area (Å²) in [5, 5.41) is 2.13. The summed E-state index contributed by atoms with van der Waals surface area (Å²) in [5.74, 6) is 1.75. The molecule has 3 nitrogen and oxygen atoms in total. The quantitative estimate of drug-likeness (QED) is 0.177. The Kier molecular flexibility index (Phi) is 8.88. The van der Waals surface area contributed by atoms with Crippen LogP contribution in [-0.4, -0.2) is 8.56 Å². The Bertz CT molecular complexity index is 1850. The van der Waals surface area contributed by atoms with Crippen LogP contribution in [0.2, 0.25) is 0 Å². The summed E-state index contributed by atoms with van der Waals surface area (Å²) in [6, 6.07) is 41.6. The lowest BCUT2D eigenvalue weighted by Gasteiger charge is -2.43.